The number of nitrogens with one attached hydrogen (secondary N) is 1. The van der Waals surface area contributed by atoms with Gasteiger partial charge in [0.1, 0.15) is 5.75 Å². The van der Waals surface area contributed by atoms with E-state index in [4.69, 9.17) is 4.74 Å². The van der Waals surface area contributed by atoms with Crippen LogP contribution < -0.4 is 10.1 Å². The van der Waals surface area contributed by atoms with Crippen molar-refractivity contribution in [2.45, 2.75) is 33.2 Å². The first kappa shape index (κ1) is 17.3. The Labute approximate surface area is 148 Å². The molecule has 0 radical (unpaired) electrons. The Morgan fingerprint density at radius 3 is 2.84 bits per heavy atom. The van der Waals surface area contributed by atoms with Crippen molar-refractivity contribution in [1.29, 1.82) is 0 Å². The topological polar surface area (TPSA) is 59.4 Å². The first-order chi connectivity index (χ1) is 12.0. The number of nitrogens with zero attached hydrogens (tertiary/aromatic N) is 3. The van der Waals surface area contributed by atoms with E-state index in [0.29, 0.717) is 12.5 Å². The lowest BCUT2D eigenvalue weighted by Crippen LogP contribution is -2.45. The third-order valence-corrected chi connectivity index (χ3v) is 5.08. The molecule has 1 fully saturated rings. The number of urea groups is 1. The third-order valence-electron chi connectivity index (χ3n) is 5.08. The molecule has 134 valence electrons. The number of imidazole rings is 1. The molecular weight excluding hydrogens is 316 g/mol. The van der Waals surface area contributed by atoms with Crippen LogP contribution in [0.1, 0.15) is 30.5 Å². The van der Waals surface area contributed by atoms with Crippen LogP contribution in [0.5, 0.6) is 5.75 Å². The molecule has 25 heavy (non-hydrogen) atoms. The Kier molecular flexibility index (Phi) is 4.97. The van der Waals surface area contributed by atoms with Gasteiger partial charge in [-0.2, -0.15) is 0 Å². The summed E-state index contributed by atoms with van der Waals surface area (Å²) in [7, 11) is 1.65. The van der Waals surface area contributed by atoms with E-state index in [1.54, 1.807) is 13.3 Å². The molecular formula is C19H26N4O2. The van der Waals surface area contributed by atoms with Gasteiger partial charge < -0.3 is 19.5 Å². The first-order valence-electron chi connectivity index (χ1n) is 8.68. The van der Waals surface area contributed by atoms with Gasteiger partial charge in [0.25, 0.3) is 0 Å². The summed E-state index contributed by atoms with van der Waals surface area (Å²) in [6.07, 6.45) is 6.57. The van der Waals surface area contributed by atoms with Gasteiger partial charge in [0.2, 0.25) is 0 Å². The highest BCUT2D eigenvalue weighted by molar-refractivity contribution is 5.90. The van der Waals surface area contributed by atoms with Crippen LogP contribution in [0.25, 0.3) is 0 Å². The second kappa shape index (κ2) is 7.17. The minimum atomic E-state index is -0.0623. The smallest absolute Gasteiger partial charge is 0.321 e. The van der Waals surface area contributed by atoms with Gasteiger partial charge >= 0.3 is 6.03 Å². The number of hydrogen-bond donors (Lipinski definition) is 1. The van der Waals surface area contributed by atoms with Gasteiger partial charge in [-0.1, -0.05) is 6.92 Å². The van der Waals surface area contributed by atoms with Crippen molar-refractivity contribution in [3.05, 3.63) is 42.0 Å². The number of carbonyl (C=O) groups is 1. The summed E-state index contributed by atoms with van der Waals surface area (Å²) in [5, 5.41) is 3.06. The SMILES string of the molecule is COc1cc(C)cc(NC(=O)N2CC[C@H](C)[C@H](n3ccnc3)C2)c1C. The maximum atomic E-state index is 12.8. The summed E-state index contributed by atoms with van der Waals surface area (Å²) >= 11 is 0. The molecule has 6 nitrogen and oxygen atoms in total. The molecule has 0 spiro atoms. The number of benzene rings is 1. The van der Waals surface area contributed by atoms with Gasteiger partial charge in [-0.25, -0.2) is 9.78 Å². The van der Waals surface area contributed by atoms with E-state index in [0.717, 1.165) is 35.5 Å². The predicted octanol–water partition coefficient (Wildman–Crippen LogP) is 3.62. The highest BCUT2D eigenvalue weighted by Gasteiger charge is 2.30. The van der Waals surface area contributed by atoms with E-state index in [1.165, 1.54) is 0 Å². The number of hydrogen-bond acceptors (Lipinski definition) is 3. The van der Waals surface area contributed by atoms with E-state index in [-0.39, 0.29) is 12.1 Å². The van der Waals surface area contributed by atoms with Crippen LogP contribution in [-0.2, 0) is 0 Å². The molecule has 2 amide bonds. The summed E-state index contributed by atoms with van der Waals surface area (Å²) in [5.41, 5.74) is 2.80. The molecule has 2 heterocycles. The van der Waals surface area contributed by atoms with E-state index in [9.17, 15) is 4.79 Å². The van der Waals surface area contributed by atoms with Gasteiger partial charge in [0.15, 0.2) is 0 Å². The van der Waals surface area contributed by atoms with E-state index in [2.05, 4.69) is 21.8 Å². The Morgan fingerprint density at radius 2 is 2.16 bits per heavy atom. The molecule has 1 aliphatic heterocycles. The van der Waals surface area contributed by atoms with E-state index < -0.39 is 0 Å². The van der Waals surface area contributed by atoms with Crippen molar-refractivity contribution in [1.82, 2.24) is 14.5 Å². The Hall–Kier alpha value is -2.50. The number of carbonyl (C=O) groups excluding carboxylic acids is 1. The van der Waals surface area contributed by atoms with Crippen molar-refractivity contribution < 1.29 is 9.53 Å². The van der Waals surface area contributed by atoms with Crippen LogP contribution in [0.2, 0.25) is 0 Å². The fourth-order valence-electron chi connectivity index (χ4n) is 3.45. The highest BCUT2D eigenvalue weighted by atomic mass is 16.5. The zero-order valence-electron chi connectivity index (χ0n) is 15.3. The molecule has 1 aromatic heterocycles. The molecule has 1 aromatic carbocycles. The maximum Gasteiger partial charge on any atom is 0.321 e. The maximum absolute atomic E-state index is 12.8. The number of likely N-dealkylation sites (tertiary alicyclic amines) is 1. The summed E-state index contributed by atoms with van der Waals surface area (Å²) in [6, 6.07) is 4.15. The molecule has 6 heteroatoms. The summed E-state index contributed by atoms with van der Waals surface area (Å²) < 4.78 is 7.50. The van der Waals surface area contributed by atoms with Crippen LogP contribution >= 0.6 is 0 Å². The molecule has 1 aliphatic rings. The molecule has 1 N–H and O–H groups in total. The zero-order chi connectivity index (χ0) is 18.0. The van der Waals surface area contributed by atoms with Crippen LogP contribution in [0.4, 0.5) is 10.5 Å². The van der Waals surface area contributed by atoms with Crippen molar-refractivity contribution in [2.75, 3.05) is 25.5 Å². The summed E-state index contributed by atoms with van der Waals surface area (Å²) in [4.78, 5) is 18.8. The Morgan fingerprint density at radius 1 is 1.36 bits per heavy atom. The lowest BCUT2D eigenvalue weighted by Gasteiger charge is -2.37. The van der Waals surface area contributed by atoms with Crippen LogP contribution in [0.15, 0.2) is 30.9 Å². The van der Waals surface area contributed by atoms with Crippen molar-refractivity contribution in [3.63, 3.8) is 0 Å². The lowest BCUT2D eigenvalue weighted by atomic mass is 9.93. The van der Waals surface area contributed by atoms with Crippen LogP contribution in [0, 0.1) is 19.8 Å². The number of aryl methyl sites for hydroxylation is 1. The van der Waals surface area contributed by atoms with Gasteiger partial charge in [-0.05, 0) is 43.9 Å². The van der Waals surface area contributed by atoms with E-state index in [1.807, 2.05) is 43.4 Å². The van der Waals surface area contributed by atoms with Gasteiger partial charge in [-0.3, -0.25) is 0 Å². The van der Waals surface area contributed by atoms with Crippen molar-refractivity contribution in [3.8, 4) is 5.75 Å². The highest BCUT2D eigenvalue weighted by Crippen LogP contribution is 2.30. The monoisotopic (exact) mass is 342 g/mol. The van der Waals surface area contributed by atoms with Crippen LogP contribution in [0.3, 0.4) is 0 Å². The van der Waals surface area contributed by atoms with Crippen molar-refractivity contribution in [2.24, 2.45) is 5.92 Å². The molecule has 0 bridgehead atoms. The number of piperidine rings is 1. The number of ether oxygens (including phenoxy) is 1. The average molecular weight is 342 g/mol. The average Bonchev–Trinajstić information content (AvgIpc) is 3.12. The Balaban J connectivity index is 1.74. The second-order valence-electron chi connectivity index (χ2n) is 6.86. The number of methoxy groups -OCH3 is 1. The molecule has 2 atom stereocenters. The predicted molar refractivity (Wildman–Crippen MR) is 98.1 cm³/mol. The Bertz CT molecular complexity index is 742. The quantitative estimate of drug-likeness (QED) is 0.927. The standard InChI is InChI=1S/C19H26N4O2/c1-13-9-16(15(3)18(10-13)25-4)21-19(24)22-7-5-14(2)17(11-22)23-8-6-20-12-23/h6,8-10,12,14,17H,5,7,11H2,1-4H3,(H,21,24)/t14-,17+/m0/s1. The largest absolute Gasteiger partial charge is 0.496 e. The molecule has 3 rings (SSSR count). The van der Waals surface area contributed by atoms with E-state index >= 15 is 0 Å². The normalized spacial score (nSPS) is 20.4. The van der Waals surface area contributed by atoms with Crippen LogP contribution in [-0.4, -0.2) is 40.7 Å². The zero-order valence-corrected chi connectivity index (χ0v) is 15.3. The fourth-order valence-corrected chi connectivity index (χ4v) is 3.45. The summed E-state index contributed by atoms with van der Waals surface area (Å²) in [6.45, 7) is 7.64. The number of rotatable bonds is 3. The molecule has 0 unspecified atom stereocenters. The van der Waals surface area contributed by atoms with Gasteiger partial charge in [0.05, 0.1) is 19.5 Å². The van der Waals surface area contributed by atoms with Gasteiger partial charge in [-0.15, -0.1) is 0 Å². The van der Waals surface area contributed by atoms with Gasteiger partial charge in [0, 0.05) is 36.7 Å². The molecule has 0 aliphatic carbocycles. The molecule has 2 aromatic rings. The molecule has 0 saturated carbocycles. The number of aromatic nitrogens is 2. The lowest BCUT2D eigenvalue weighted by molar-refractivity contribution is 0.149. The first-order valence-corrected chi connectivity index (χ1v) is 8.68. The fraction of sp³-hybridized carbons (Fsp3) is 0.474. The van der Waals surface area contributed by atoms with Crippen molar-refractivity contribution >= 4 is 11.7 Å². The number of amides is 2. The number of anilines is 1. The summed E-state index contributed by atoms with van der Waals surface area (Å²) in [5.74, 6) is 1.30. The second-order valence-corrected chi connectivity index (χ2v) is 6.86. The third kappa shape index (κ3) is 3.62. The minimum absolute atomic E-state index is 0.0623. The molecule has 1 saturated heterocycles. The minimum Gasteiger partial charge on any atom is -0.496 e.